The maximum absolute atomic E-state index is 4.84. The van der Waals surface area contributed by atoms with Crippen LogP contribution in [-0.2, 0) is 10.8 Å². The van der Waals surface area contributed by atoms with Crippen LogP contribution in [0, 0.1) is 13.8 Å². The van der Waals surface area contributed by atoms with Crippen LogP contribution in [0.25, 0.3) is 33.4 Å². The molecule has 2 aromatic heterocycles. The summed E-state index contributed by atoms with van der Waals surface area (Å²) in [6.45, 7) is 4.28. The summed E-state index contributed by atoms with van der Waals surface area (Å²) in [5.74, 6) is 0. The molecule has 2 heteroatoms. The van der Waals surface area contributed by atoms with Gasteiger partial charge in [-0.25, -0.2) is 0 Å². The maximum Gasteiger partial charge on any atom is 0.0731 e. The average Bonchev–Trinajstić information content (AvgIpc) is 3.69. The summed E-state index contributed by atoms with van der Waals surface area (Å²) in [4.78, 5) is 9.59. The van der Waals surface area contributed by atoms with Gasteiger partial charge < -0.3 is 0 Å². The van der Waals surface area contributed by atoms with Crippen LogP contribution in [0.5, 0.6) is 0 Å². The van der Waals surface area contributed by atoms with Gasteiger partial charge in [0.2, 0.25) is 0 Å². The zero-order chi connectivity index (χ0) is 34.9. The van der Waals surface area contributed by atoms with E-state index in [1.165, 1.54) is 77.9 Å². The smallest absolute Gasteiger partial charge is 0.0731 e. The van der Waals surface area contributed by atoms with Gasteiger partial charge in [0.25, 0.3) is 0 Å². The van der Waals surface area contributed by atoms with E-state index in [2.05, 4.69) is 184 Å². The van der Waals surface area contributed by atoms with Gasteiger partial charge in [0.05, 0.1) is 10.8 Å². The van der Waals surface area contributed by atoms with Crippen molar-refractivity contribution in [1.82, 2.24) is 9.97 Å². The molecule has 2 atom stereocenters. The Morgan fingerprint density at radius 1 is 0.346 bits per heavy atom. The van der Waals surface area contributed by atoms with Crippen molar-refractivity contribution >= 4 is 0 Å². The molecule has 2 aliphatic rings. The molecular weight excluding hydrogens is 629 g/mol. The quantitative estimate of drug-likeness (QED) is 0.183. The fourth-order valence-corrected chi connectivity index (χ4v) is 9.59. The Morgan fingerprint density at radius 2 is 0.808 bits per heavy atom. The van der Waals surface area contributed by atoms with Crippen LogP contribution in [-0.4, -0.2) is 9.97 Å². The van der Waals surface area contributed by atoms with Gasteiger partial charge in [-0.15, -0.1) is 0 Å². The van der Waals surface area contributed by atoms with Crippen molar-refractivity contribution in [2.45, 2.75) is 24.7 Å². The molecule has 2 nitrogen and oxygen atoms in total. The predicted octanol–water partition coefficient (Wildman–Crippen LogP) is 11.5. The summed E-state index contributed by atoms with van der Waals surface area (Å²) in [6.07, 6.45) is 3.91. The molecule has 0 fully saturated rings. The molecule has 0 amide bonds. The molecule has 8 aromatic rings. The van der Waals surface area contributed by atoms with Crippen molar-refractivity contribution in [2.24, 2.45) is 0 Å². The second-order valence-corrected chi connectivity index (χ2v) is 14.1. The predicted molar refractivity (Wildman–Crippen MR) is 212 cm³/mol. The molecule has 2 unspecified atom stereocenters. The molecule has 0 saturated heterocycles. The summed E-state index contributed by atoms with van der Waals surface area (Å²) in [6, 6.07) is 62.6. The van der Waals surface area contributed by atoms with E-state index >= 15 is 0 Å². The molecule has 6 aromatic carbocycles. The highest BCUT2D eigenvalue weighted by atomic mass is 14.7. The zero-order valence-corrected chi connectivity index (χ0v) is 29.2. The van der Waals surface area contributed by atoms with Gasteiger partial charge in [0.15, 0.2) is 0 Å². The second-order valence-electron chi connectivity index (χ2n) is 14.1. The first-order valence-electron chi connectivity index (χ1n) is 18.1. The molecule has 10 rings (SSSR count). The van der Waals surface area contributed by atoms with Gasteiger partial charge in [-0.1, -0.05) is 158 Å². The van der Waals surface area contributed by atoms with Crippen molar-refractivity contribution in [3.63, 3.8) is 0 Å². The Bertz CT molecular complexity index is 2620. The summed E-state index contributed by atoms with van der Waals surface area (Å²) in [5.41, 5.74) is 18.8. The average molecular weight is 665 g/mol. The highest BCUT2D eigenvalue weighted by Crippen LogP contribution is 2.58. The molecule has 0 saturated carbocycles. The van der Waals surface area contributed by atoms with E-state index in [-0.39, 0.29) is 0 Å². The normalized spacial score (nSPS) is 18.0. The Morgan fingerprint density at radius 3 is 1.44 bits per heavy atom. The van der Waals surface area contributed by atoms with Crippen LogP contribution in [0.3, 0.4) is 0 Å². The summed E-state index contributed by atoms with van der Waals surface area (Å²) in [5, 5.41) is 0. The Labute approximate surface area is 305 Å². The van der Waals surface area contributed by atoms with Crippen LogP contribution in [0.4, 0.5) is 0 Å². The minimum absolute atomic E-state index is 0.444. The molecule has 246 valence electrons. The third-order valence-corrected chi connectivity index (χ3v) is 11.7. The van der Waals surface area contributed by atoms with Crippen LogP contribution in [0.2, 0.25) is 0 Å². The molecule has 0 radical (unpaired) electrons. The SMILES string of the molecule is Cc1nccc2c1-c1ccccc1C2(c1ccccc1)c1ccc(-c2ccc(C3(c4ccccc4)c4ccccc4-c4ccnc(C)c43)cc2)cc1. The van der Waals surface area contributed by atoms with Gasteiger partial charge in [-0.2, -0.15) is 0 Å². The summed E-state index contributed by atoms with van der Waals surface area (Å²) < 4.78 is 0. The highest BCUT2D eigenvalue weighted by molar-refractivity contribution is 5.88. The molecule has 0 aliphatic heterocycles. The van der Waals surface area contributed by atoms with Gasteiger partial charge in [-0.05, 0) is 92.7 Å². The summed E-state index contributed by atoms with van der Waals surface area (Å²) >= 11 is 0. The van der Waals surface area contributed by atoms with E-state index < -0.39 is 10.8 Å². The van der Waals surface area contributed by atoms with E-state index in [9.17, 15) is 0 Å². The molecule has 0 spiro atoms. The molecular formula is C50H36N2. The minimum atomic E-state index is -0.466. The Balaban J connectivity index is 1.12. The zero-order valence-electron chi connectivity index (χ0n) is 29.2. The van der Waals surface area contributed by atoms with Crippen molar-refractivity contribution < 1.29 is 0 Å². The van der Waals surface area contributed by atoms with Crippen molar-refractivity contribution in [2.75, 3.05) is 0 Å². The highest BCUT2D eigenvalue weighted by Gasteiger charge is 2.48. The van der Waals surface area contributed by atoms with Gasteiger partial charge in [0.1, 0.15) is 0 Å². The van der Waals surface area contributed by atoms with Gasteiger partial charge in [-0.3, -0.25) is 9.97 Å². The lowest BCUT2D eigenvalue weighted by Gasteiger charge is -2.34. The topological polar surface area (TPSA) is 25.8 Å². The molecule has 2 heterocycles. The molecule has 52 heavy (non-hydrogen) atoms. The number of aromatic nitrogens is 2. The van der Waals surface area contributed by atoms with E-state index in [1.807, 2.05) is 12.4 Å². The number of fused-ring (bicyclic) bond motifs is 6. The summed E-state index contributed by atoms with van der Waals surface area (Å²) in [7, 11) is 0. The number of nitrogens with zero attached hydrogens (tertiary/aromatic N) is 2. The van der Waals surface area contributed by atoms with Gasteiger partial charge in [0, 0.05) is 34.9 Å². The number of pyridine rings is 2. The number of hydrogen-bond acceptors (Lipinski definition) is 2. The lowest BCUT2D eigenvalue weighted by Crippen LogP contribution is -2.29. The fourth-order valence-electron chi connectivity index (χ4n) is 9.59. The van der Waals surface area contributed by atoms with E-state index in [0.717, 1.165) is 11.4 Å². The van der Waals surface area contributed by atoms with Crippen LogP contribution >= 0.6 is 0 Å². The standard InChI is InChI=1S/C50H36N2/c1-33-47-43-18-10-12-20-45(43)49(46(47)30-32-51-33,37-13-5-3-6-14-37)39-25-21-35(22-26-39)36-23-27-40(28-24-36)50(38-15-7-4-8-16-38)44-19-11-9-17-41(44)42-29-31-52-34(2)48(42)50/h3-32H,1-2H3. The number of benzene rings is 6. The fraction of sp³-hybridized carbons (Fsp3) is 0.0800. The monoisotopic (exact) mass is 664 g/mol. The number of hydrogen-bond donors (Lipinski definition) is 0. The number of rotatable bonds is 5. The lowest BCUT2D eigenvalue weighted by molar-refractivity contribution is 0.755. The second kappa shape index (κ2) is 11.6. The van der Waals surface area contributed by atoms with Gasteiger partial charge >= 0.3 is 0 Å². The number of aryl methyl sites for hydroxylation is 2. The molecule has 0 N–H and O–H groups in total. The van der Waals surface area contributed by atoms with Crippen LogP contribution in [0.1, 0.15) is 55.9 Å². The van der Waals surface area contributed by atoms with E-state index in [4.69, 9.17) is 9.97 Å². The Hall–Kier alpha value is -6.38. The molecule has 0 bridgehead atoms. The van der Waals surface area contributed by atoms with Crippen molar-refractivity contribution in [3.8, 4) is 33.4 Å². The third-order valence-electron chi connectivity index (χ3n) is 11.7. The first-order valence-corrected chi connectivity index (χ1v) is 18.1. The van der Waals surface area contributed by atoms with Crippen LogP contribution in [0.15, 0.2) is 182 Å². The third kappa shape index (κ3) is 4.06. The Kier molecular flexibility index (Phi) is 6.78. The largest absolute Gasteiger partial charge is 0.261 e. The van der Waals surface area contributed by atoms with Crippen LogP contribution < -0.4 is 0 Å². The molecule has 2 aliphatic carbocycles. The minimum Gasteiger partial charge on any atom is -0.261 e. The van der Waals surface area contributed by atoms with Crippen molar-refractivity contribution in [1.29, 1.82) is 0 Å². The first kappa shape index (κ1) is 30.4. The lowest BCUT2D eigenvalue weighted by atomic mass is 9.67. The van der Waals surface area contributed by atoms with E-state index in [0.29, 0.717) is 0 Å². The van der Waals surface area contributed by atoms with E-state index in [1.54, 1.807) is 0 Å². The maximum atomic E-state index is 4.84. The first-order chi connectivity index (χ1) is 25.6. The van der Waals surface area contributed by atoms with Crippen molar-refractivity contribution in [3.05, 3.63) is 238 Å².